The maximum absolute atomic E-state index is 11.4. The standard InChI is InChI=1S/C15H17NO4/c1-3-6-16-14(17)9-19-11-4-5-12-10(2)7-15(18)20-13(12)8-11/h4-5,7-8H,3,6,9H2,1-2H3,(H,16,17). The molecular weight excluding hydrogens is 258 g/mol. The van der Waals surface area contributed by atoms with Crippen molar-refractivity contribution in [1.29, 1.82) is 0 Å². The highest BCUT2D eigenvalue weighted by molar-refractivity contribution is 5.81. The van der Waals surface area contributed by atoms with Gasteiger partial charge in [0, 0.05) is 24.1 Å². The molecule has 0 spiro atoms. The largest absolute Gasteiger partial charge is 0.484 e. The second kappa shape index (κ2) is 6.23. The molecule has 106 valence electrons. The number of carbonyl (C=O) groups is 1. The van der Waals surface area contributed by atoms with E-state index in [1.165, 1.54) is 6.07 Å². The maximum Gasteiger partial charge on any atom is 0.336 e. The van der Waals surface area contributed by atoms with Crippen molar-refractivity contribution in [2.24, 2.45) is 0 Å². The number of ether oxygens (including phenoxy) is 1. The lowest BCUT2D eigenvalue weighted by Crippen LogP contribution is -2.29. The minimum absolute atomic E-state index is 0.0540. The van der Waals surface area contributed by atoms with E-state index in [4.69, 9.17) is 9.15 Å². The maximum atomic E-state index is 11.4. The minimum atomic E-state index is -0.396. The average molecular weight is 275 g/mol. The van der Waals surface area contributed by atoms with Crippen LogP contribution in [0.5, 0.6) is 5.75 Å². The van der Waals surface area contributed by atoms with Gasteiger partial charge in [-0.1, -0.05) is 6.92 Å². The van der Waals surface area contributed by atoms with Crippen LogP contribution in [0, 0.1) is 6.92 Å². The number of hydrogen-bond donors (Lipinski definition) is 1. The van der Waals surface area contributed by atoms with E-state index in [1.807, 2.05) is 19.9 Å². The Labute approximate surface area is 116 Å². The van der Waals surface area contributed by atoms with Crippen LogP contribution in [0.1, 0.15) is 18.9 Å². The van der Waals surface area contributed by atoms with E-state index in [1.54, 1.807) is 12.1 Å². The molecule has 0 fully saturated rings. The van der Waals surface area contributed by atoms with E-state index in [-0.39, 0.29) is 12.5 Å². The zero-order valence-electron chi connectivity index (χ0n) is 11.6. The van der Waals surface area contributed by atoms with Gasteiger partial charge in [0.1, 0.15) is 11.3 Å². The molecule has 0 atom stereocenters. The summed E-state index contributed by atoms with van der Waals surface area (Å²) in [5.74, 6) is 0.329. The van der Waals surface area contributed by atoms with Gasteiger partial charge in [0.25, 0.3) is 5.91 Å². The summed E-state index contributed by atoms with van der Waals surface area (Å²) in [6.45, 7) is 4.41. The van der Waals surface area contributed by atoms with Gasteiger partial charge in [-0.05, 0) is 31.0 Å². The molecule has 0 aliphatic carbocycles. The van der Waals surface area contributed by atoms with Crippen LogP contribution in [0.25, 0.3) is 11.0 Å². The normalized spacial score (nSPS) is 10.5. The van der Waals surface area contributed by atoms with Gasteiger partial charge in [-0.2, -0.15) is 0 Å². The van der Waals surface area contributed by atoms with Crippen LogP contribution in [0.4, 0.5) is 0 Å². The first-order valence-corrected chi connectivity index (χ1v) is 6.54. The van der Waals surface area contributed by atoms with Crippen LogP contribution in [-0.2, 0) is 4.79 Å². The lowest BCUT2D eigenvalue weighted by Gasteiger charge is -2.07. The van der Waals surface area contributed by atoms with Crippen molar-refractivity contribution >= 4 is 16.9 Å². The van der Waals surface area contributed by atoms with Crippen LogP contribution < -0.4 is 15.7 Å². The zero-order valence-corrected chi connectivity index (χ0v) is 11.6. The van der Waals surface area contributed by atoms with Gasteiger partial charge >= 0.3 is 5.63 Å². The molecule has 0 aliphatic heterocycles. The Bertz CT molecular complexity index is 675. The molecule has 1 heterocycles. The summed E-state index contributed by atoms with van der Waals surface area (Å²) in [5.41, 5.74) is 0.915. The fraction of sp³-hybridized carbons (Fsp3) is 0.333. The van der Waals surface area contributed by atoms with Crippen LogP contribution in [0.2, 0.25) is 0 Å². The number of hydrogen-bond acceptors (Lipinski definition) is 4. The SMILES string of the molecule is CCCNC(=O)COc1ccc2c(C)cc(=O)oc2c1. The minimum Gasteiger partial charge on any atom is -0.484 e. The predicted molar refractivity (Wildman–Crippen MR) is 76.0 cm³/mol. The summed E-state index contributed by atoms with van der Waals surface area (Å²) in [5, 5.41) is 3.57. The third-order valence-corrected chi connectivity index (χ3v) is 2.86. The first-order chi connectivity index (χ1) is 9.60. The molecule has 1 N–H and O–H groups in total. The fourth-order valence-corrected chi connectivity index (χ4v) is 1.86. The van der Waals surface area contributed by atoms with Gasteiger partial charge in [-0.15, -0.1) is 0 Å². The Kier molecular flexibility index (Phi) is 4.40. The Morgan fingerprint density at radius 1 is 1.35 bits per heavy atom. The monoisotopic (exact) mass is 275 g/mol. The third-order valence-electron chi connectivity index (χ3n) is 2.86. The summed E-state index contributed by atoms with van der Waals surface area (Å²) in [6.07, 6.45) is 0.881. The summed E-state index contributed by atoms with van der Waals surface area (Å²) in [7, 11) is 0. The molecule has 1 aromatic heterocycles. The molecular formula is C15H17NO4. The third kappa shape index (κ3) is 3.38. The molecule has 0 saturated heterocycles. The lowest BCUT2D eigenvalue weighted by molar-refractivity contribution is -0.123. The van der Waals surface area contributed by atoms with E-state index >= 15 is 0 Å². The lowest BCUT2D eigenvalue weighted by atomic mass is 10.1. The molecule has 0 aliphatic rings. The molecule has 1 aromatic carbocycles. The van der Waals surface area contributed by atoms with E-state index < -0.39 is 5.63 Å². The smallest absolute Gasteiger partial charge is 0.336 e. The molecule has 2 rings (SSSR count). The topological polar surface area (TPSA) is 68.5 Å². The summed E-state index contributed by atoms with van der Waals surface area (Å²) in [6, 6.07) is 6.63. The quantitative estimate of drug-likeness (QED) is 0.847. The molecule has 5 heteroatoms. The first kappa shape index (κ1) is 14.1. The second-order valence-electron chi connectivity index (χ2n) is 4.55. The highest BCUT2D eigenvalue weighted by Gasteiger charge is 2.06. The van der Waals surface area contributed by atoms with Crippen molar-refractivity contribution < 1.29 is 13.9 Å². The van der Waals surface area contributed by atoms with E-state index in [2.05, 4.69) is 5.32 Å². The van der Waals surface area contributed by atoms with Gasteiger partial charge < -0.3 is 14.5 Å². The van der Waals surface area contributed by atoms with Gasteiger partial charge in [0.15, 0.2) is 6.61 Å². The number of aryl methyl sites for hydroxylation is 1. The molecule has 0 saturated carbocycles. The highest BCUT2D eigenvalue weighted by Crippen LogP contribution is 2.22. The Morgan fingerprint density at radius 3 is 2.90 bits per heavy atom. The average Bonchev–Trinajstić information content (AvgIpc) is 2.42. The van der Waals surface area contributed by atoms with Gasteiger partial charge in [0.05, 0.1) is 0 Å². The first-order valence-electron chi connectivity index (χ1n) is 6.54. The Hall–Kier alpha value is -2.30. The number of rotatable bonds is 5. The van der Waals surface area contributed by atoms with Crippen LogP contribution in [0.15, 0.2) is 33.5 Å². The number of nitrogens with one attached hydrogen (secondary N) is 1. The Morgan fingerprint density at radius 2 is 2.15 bits per heavy atom. The van der Waals surface area contributed by atoms with Crippen LogP contribution in [-0.4, -0.2) is 19.1 Å². The molecule has 5 nitrogen and oxygen atoms in total. The van der Waals surface area contributed by atoms with Crippen molar-refractivity contribution in [3.8, 4) is 5.75 Å². The van der Waals surface area contributed by atoms with E-state index in [9.17, 15) is 9.59 Å². The van der Waals surface area contributed by atoms with Crippen molar-refractivity contribution in [2.75, 3.05) is 13.2 Å². The summed E-state index contributed by atoms with van der Waals surface area (Å²) < 4.78 is 10.5. The molecule has 1 amide bonds. The molecule has 0 radical (unpaired) electrons. The molecule has 0 unspecified atom stereocenters. The van der Waals surface area contributed by atoms with Gasteiger partial charge in [-0.25, -0.2) is 4.79 Å². The van der Waals surface area contributed by atoms with Crippen LogP contribution in [0.3, 0.4) is 0 Å². The number of carbonyl (C=O) groups excluding carboxylic acids is 1. The summed E-state index contributed by atoms with van der Waals surface area (Å²) in [4.78, 5) is 22.8. The van der Waals surface area contributed by atoms with Gasteiger partial charge in [-0.3, -0.25) is 4.79 Å². The predicted octanol–water partition coefficient (Wildman–Crippen LogP) is 2.01. The molecule has 2 aromatic rings. The van der Waals surface area contributed by atoms with E-state index in [0.717, 1.165) is 17.4 Å². The van der Waals surface area contributed by atoms with Crippen molar-refractivity contribution in [3.63, 3.8) is 0 Å². The number of fused-ring (bicyclic) bond motifs is 1. The second-order valence-corrected chi connectivity index (χ2v) is 4.55. The van der Waals surface area contributed by atoms with Crippen molar-refractivity contribution in [2.45, 2.75) is 20.3 Å². The van der Waals surface area contributed by atoms with Crippen molar-refractivity contribution in [3.05, 3.63) is 40.2 Å². The Balaban J connectivity index is 2.12. The number of amides is 1. The fourth-order valence-electron chi connectivity index (χ4n) is 1.86. The van der Waals surface area contributed by atoms with Crippen LogP contribution >= 0.6 is 0 Å². The molecule has 0 bridgehead atoms. The number of benzene rings is 1. The van der Waals surface area contributed by atoms with Gasteiger partial charge in [0.2, 0.25) is 0 Å². The molecule has 20 heavy (non-hydrogen) atoms. The summed E-state index contributed by atoms with van der Waals surface area (Å²) >= 11 is 0. The van der Waals surface area contributed by atoms with Crippen molar-refractivity contribution in [1.82, 2.24) is 5.32 Å². The highest BCUT2D eigenvalue weighted by atomic mass is 16.5. The van der Waals surface area contributed by atoms with E-state index in [0.29, 0.717) is 17.9 Å². The zero-order chi connectivity index (χ0) is 14.5.